The van der Waals surface area contributed by atoms with Gasteiger partial charge in [0.25, 0.3) is 0 Å². The SMILES string of the molecule is Cc1ccc(NC(=O)/C=C/c2cnn(C)c2)c(C)c1. The topological polar surface area (TPSA) is 46.9 Å². The molecule has 0 spiro atoms. The molecule has 98 valence electrons. The number of aryl methyl sites for hydroxylation is 3. The molecule has 1 heterocycles. The van der Waals surface area contributed by atoms with Gasteiger partial charge < -0.3 is 5.32 Å². The van der Waals surface area contributed by atoms with Crippen LogP contribution in [0.4, 0.5) is 5.69 Å². The van der Waals surface area contributed by atoms with Gasteiger partial charge in [-0.2, -0.15) is 5.10 Å². The van der Waals surface area contributed by atoms with Gasteiger partial charge in [-0.05, 0) is 31.6 Å². The van der Waals surface area contributed by atoms with E-state index >= 15 is 0 Å². The maximum atomic E-state index is 11.8. The maximum absolute atomic E-state index is 11.8. The molecule has 1 amide bonds. The predicted molar refractivity (Wildman–Crippen MR) is 76.8 cm³/mol. The summed E-state index contributed by atoms with van der Waals surface area (Å²) in [4.78, 5) is 11.8. The van der Waals surface area contributed by atoms with Gasteiger partial charge in [0.05, 0.1) is 6.20 Å². The van der Waals surface area contributed by atoms with Crippen LogP contribution in [-0.2, 0) is 11.8 Å². The predicted octanol–water partition coefficient (Wildman–Crippen LogP) is 2.69. The molecular weight excluding hydrogens is 238 g/mol. The van der Waals surface area contributed by atoms with Gasteiger partial charge in [-0.3, -0.25) is 9.48 Å². The van der Waals surface area contributed by atoms with Crippen molar-refractivity contribution >= 4 is 17.7 Å². The van der Waals surface area contributed by atoms with Crippen molar-refractivity contribution in [3.05, 3.63) is 53.4 Å². The number of rotatable bonds is 3. The molecule has 0 aliphatic carbocycles. The van der Waals surface area contributed by atoms with E-state index in [4.69, 9.17) is 0 Å². The quantitative estimate of drug-likeness (QED) is 0.857. The number of nitrogens with one attached hydrogen (secondary N) is 1. The maximum Gasteiger partial charge on any atom is 0.248 e. The number of nitrogens with zero attached hydrogens (tertiary/aromatic N) is 2. The first-order valence-corrected chi connectivity index (χ1v) is 6.09. The van der Waals surface area contributed by atoms with Gasteiger partial charge in [-0.25, -0.2) is 0 Å². The molecule has 0 unspecified atom stereocenters. The van der Waals surface area contributed by atoms with E-state index in [1.54, 1.807) is 17.0 Å². The molecule has 0 saturated heterocycles. The third kappa shape index (κ3) is 3.55. The molecule has 0 bridgehead atoms. The Bertz CT molecular complexity index is 626. The van der Waals surface area contributed by atoms with Crippen molar-refractivity contribution in [2.45, 2.75) is 13.8 Å². The largest absolute Gasteiger partial charge is 0.322 e. The van der Waals surface area contributed by atoms with Crippen LogP contribution in [0.1, 0.15) is 16.7 Å². The third-order valence-electron chi connectivity index (χ3n) is 2.79. The summed E-state index contributed by atoms with van der Waals surface area (Å²) in [6.45, 7) is 4.01. The van der Waals surface area contributed by atoms with E-state index in [1.807, 2.05) is 45.3 Å². The Kier molecular flexibility index (Phi) is 3.80. The number of hydrogen-bond acceptors (Lipinski definition) is 2. The highest BCUT2D eigenvalue weighted by Gasteiger charge is 2.01. The van der Waals surface area contributed by atoms with Gasteiger partial charge in [0, 0.05) is 30.6 Å². The molecule has 0 atom stereocenters. The zero-order valence-electron chi connectivity index (χ0n) is 11.3. The Balaban J connectivity index is 2.03. The standard InChI is InChI=1S/C15H17N3O/c1-11-4-6-14(12(2)8-11)17-15(19)7-5-13-9-16-18(3)10-13/h4-10H,1-3H3,(H,17,19)/b7-5+. The monoisotopic (exact) mass is 255 g/mol. The number of amides is 1. The van der Waals surface area contributed by atoms with Crippen LogP contribution >= 0.6 is 0 Å². The summed E-state index contributed by atoms with van der Waals surface area (Å²) < 4.78 is 1.70. The lowest BCUT2D eigenvalue weighted by Crippen LogP contribution is -2.08. The second-order valence-electron chi connectivity index (χ2n) is 4.59. The van der Waals surface area contributed by atoms with Crippen LogP contribution in [0.3, 0.4) is 0 Å². The summed E-state index contributed by atoms with van der Waals surface area (Å²) in [5, 5.41) is 6.90. The second kappa shape index (κ2) is 5.52. The third-order valence-corrected chi connectivity index (χ3v) is 2.79. The summed E-state index contributed by atoms with van der Waals surface area (Å²) >= 11 is 0. The number of aromatic nitrogens is 2. The van der Waals surface area contributed by atoms with Crippen LogP contribution in [0.2, 0.25) is 0 Å². The van der Waals surface area contributed by atoms with Gasteiger partial charge >= 0.3 is 0 Å². The van der Waals surface area contributed by atoms with E-state index in [9.17, 15) is 4.79 Å². The van der Waals surface area contributed by atoms with E-state index in [-0.39, 0.29) is 5.91 Å². The molecule has 0 aliphatic heterocycles. The van der Waals surface area contributed by atoms with E-state index in [0.717, 1.165) is 16.8 Å². The Morgan fingerprint density at radius 3 is 2.79 bits per heavy atom. The fourth-order valence-corrected chi connectivity index (χ4v) is 1.83. The highest BCUT2D eigenvalue weighted by molar-refractivity contribution is 6.02. The normalized spacial score (nSPS) is 10.9. The van der Waals surface area contributed by atoms with Crippen LogP contribution in [0, 0.1) is 13.8 Å². The molecule has 1 aromatic heterocycles. The smallest absolute Gasteiger partial charge is 0.248 e. The molecule has 1 N–H and O–H groups in total. The van der Waals surface area contributed by atoms with Crippen LogP contribution in [0.15, 0.2) is 36.7 Å². The Morgan fingerprint density at radius 1 is 1.37 bits per heavy atom. The molecule has 19 heavy (non-hydrogen) atoms. The minimum Gasteiger partial charge on any atom is -0.322 e. The lowest BCUT2D eigenvalue weighted by molar-refractivity contribution is -0.111. The van der Waals surface area contributed by atoms with Gasteiger partial charge in [0.1, 0.15) is 0 Å². The number of hydrogen-bond donors (Lipinski definition) is 1. The van der Waals surface area contributed by atoms with Crippen molar-refractivity contribution in [2.75, 3.05) is 5.32 Å². The summed E-state index contributed by atoms with van der Waals surface area (Å²) in [5.41, 5.74) is 3.98. The summed E-state index contributed by atoms with van der Waals surface area (Å²) in [6.07, 6.45) is 6.81. The van der Waals surface area contributed by atoms with E-state index in [0.29, 0.717) is 0 Å². The highest BCUT2D eigenvalue weighted by atomic mass is 16.1. The molecular formula is C15H17N3O. The van der Waals surface area contributed by atoms with Crippen LogP contribution < -0.4 is 5.32 Å². The van der Waals surface area contributed by atoms with Gasteiger partial charge in [-0.1, -0.05) is 17.7 Å². The molecule has 2 rings (SSSR count). The molecule has 0 fully saturated rings. The first-order chi connectivity index (χ1) is 9.04. The van der Waals surface area contributed by atoms with Crippen molar-refractivity contribution in [3.63, 3.8) is 0 Å². The van der Waals surface area contributed by atoms with E-state index in [2.05, 4.69) is 10.4 Å². The van der Waals surface area contributed by atoms with Gasteiger partial charge in [0.15, 0.2) is 0 Å². The van der Waals surface area contributed by atoms with E-state index in [1.165, 1.54) is 11.6 Å². The number of carbonyl (C=O) groups excluding carboxylic acids is 1. The highest BCUT2D eigenvalue weighted by Crippen LogP contribution is 2.16. The minimum absolute atomic E-state index is 0.143. The Hall–Kier alpha value is -2.36. The van der Waals surface area contributed by atoms with Crippen LogP contribution in [-0.4, -0.2) is 15.7 Å². The summed E-state index contributed by atoms with van der Waals surface area (Å²) in [5.74, 6) is -0.143. The minimum atomic E-state index is -0.143. The lowest BCUT2D eigenvalue weighted by Gasteiger charge is -2.06. The number of benzene rings is 1. The van der Waals surface area contributed by atoms with Gasteiger partial charge in [-0.15, -0.1) is 0 Å². The average molecular weight is 255 g/mol. The van der Waals surface area contributed by atoms with E-state index < -0.39 is 0 Å². The zero-order chi connectivity index (χ0) is 13.8. The number of carbonyl (C=O) groups is 1. The van der Waals surface area contributed by atoms with Crippen molar-refractivity contribution < 1.29 is 4.79 Å². The van der Waals surface area contributed by atoms with Crippen molar-refractivity contribution in [1.82, 2.24) is 9.78 Å². The lowest BCUT2D eigenvalue weighted by atomic mass is 10.1. The molecule has 0 aliphatic rings. The average Bonchev–Trinajstić information content (AvgIpc) is 2.76. The fourth-order valence-electron chi connectivity index (χ4n) is 1.83. The summed E-state index contributed by atoms with van der Waals surface area (Å²) in [6, 6.07) is 5.94. The first-order valence-electron chi connectivity index (χ1n) is 6.09. The molecule has 4 heteroatoms. The number of anilines is 1. The van der Waals surface area contributed by atoms with Crippen molar-refractivity contribution in [2.24, 2.45) is 7.05 Å². The zero-order valence-corrected chi connectivity index (χ0v) is 11.3. The Morgan fingerprint density at radius 2 is 2.16 bits per heavy atom. The first kappa shape index (κ1) is 13.1. The van der Waals surface area contributed by atoms with Gasteiger partial charge in [0.2, 0.25) is 5.91 Å². The molecule has 0 saturated carbocycles. The van der Waals surface area contributed by atoms with Crippen molar-refractivity contribution in [1.29, 1.82) is 0 Å². The van der Waals surface area contributed by atoms with Crippen LogP contribution in [0.5, 0.6) is 0 Å². The molecule has 1 aromatic carbocycles. The van der Waals surface area contributed by atoms with Crippen molar-refractivity contribution in [3.8, 4) is 0 Å². The second-order valence-corrected chi connectivity index (χ2v) is 4.59. The molecule has 2 aromatic rings. The van der Waals surface area contributed by atoms with Crippen LogP contribution in [0.25, 0.3) is 6.08 Å². The molecule has 4 nitrogen and oxygen atoms in total. The fraction of sp³-hybridized carbons (Fsp3) is 0.200. The summed E-state index contributed by atoms with van der Waals surface area (Å²) in [7, 11) is 1.84. The Labute approximate surface area is 112 Å². The molecule has 0 radical (unpaired) electrons.